The molecular formula is C15H20O3. The maximum absolute atomic E-state index is 10.8. The van der Waals surface area contributed by atoms with Crippen LogP contribution in [0.15, 0.2) is 24.3 Å². The molecule has 0 saturated carbocycles. The zero-order chi connectivity index (χ0) is 13.7. The molecule has 0 aliphatic carbocycles. The molecule has 0 saturated heterocycles. The standard InChI is InChI=1S/C15H20O3/c1-5-18-14-7-6-12(8-11(14)4)13(10(2)3)9-15(16)17/h6-10H,5H2,1-4H3,(H,16,17)/b13-9+. The minimum absolute atomic E-state index is 0.165. The molecule has 1 N–H and O–H groups in total. The first-order valence-electron chi connectivity index (χ1n) is 6.14. The molecule has 0 aromatic heterocycles. The Morgan fingerprint density at radius 3 is 2.56 bits per heavy atom. The van der Waals surface area contributed by atoms with Crippen molar-refractivity contribution in [3.05, 3.63) is 35.4 Å². The molecule has 0 amide bonds. The minimum Gasteiger partial charge on any atom is -0.494 e. The van der Waals surface area contributed by atoms with E-state index in [9.17, 15) is 4.79 Å². The highest BCUT2D eigenvalue weighted by molar-refractivity contribution is 5.90. The normalized spacial score (nSPS) is 11.7. The van der Waals surface area contributed by atoms with Gasteiger partial charge in [0.25, 0.3) is 0 Å². The van der Waals surface area contributed by atoms with Gasteiger partial charge in [-0.3, -0.25) is 0 Å². The average molecular weight is 248 g/mol. The molecule has 3 heteroatoms. The lowest BCUT2D eigenvalue weighted by molar-refractivity contribution is -0.131. The van der Waals surface area contributed by atoms with E-state index in [1.165, 1.54) is 6.08 Å². The predicted octanol–water partition coefficient (Wildman–Crippen LogP) is 3.52. The van der Waals surface area contributed by atoms with Gasteiger partial charge in [0.2, 0.25) is 0 Å². The smallest absolute Gasteiger partial charge is 0.328 e. The summed E-state index contributed by atoms with van der Waals surface area (Å²) >= 11 is 0. The number of hydrogen-bond donors (Lipinski definition) is 1. The molecule has 0 aliphatic heterocycles. The third-order valence-corrected chi connectivity index (χ3v) is 2.71. The van der Waals surface area contributed by atoms with E-state index in [0.717, 1.165) is 22.4 Å². The van der Waals surface area contributed by atoms with Crippen LogP contribution >= 0.6 is 0 Å². The summed E-state index contributed by atoms with van der Waals surface area (Å²) in [7, 11) is 0. The molecule has 3 nitrogen and oxygen atoms in total. The molecule has 0 aliphatic rings. The number of aliphatic carboxylic acids is 1. The molecule has 98 valence electrons. The summed E-state index contributed by atoms with van der Waals surface area (Å²) in [6.07, 6.45) is 1.28. The average Bonchev–Trinajstić information content (AvgIpc) is 2.28. The van der Waals surface area contributed by atoms with Crippen LogP contribution in [0, 0.1) is 12.8 Å². The van der Waals surface area contributed by atoms with E-state index in [1.54, 1.807) is 0 Å². The monoisotopic (exact) mass is 248 g/mol. The van der Waals surface area contributed by atoms with E-state index in [2.05, 4.69) is 0 Å². The second-order valence-electron chi connectivity index (χ2n) is 4.51. The van der Waals surface area contributed by atoms with Crippen molar-refractivity contribution in [3.63, 3.8) is 0 Å². The summed E-state index contributed by atoms with van der Waals surface area (Å²) in [6.45, 7) is 8.51. The summed E-state index contributed by atoms with van der Waals surface area (Å²) in [5.74, 6) is 0.100. The van der Waals surface area contributed by atoms with Crippen LogP contribution in [-0.4, -0.2) is 17.7 Å². The minimum atomic E-state index is -0.912. The Morgan fingerprint density at radius 1 is 1.44 bits per heavy atom. The zero-order valence-electron chi connectivity index (χ0n) is 11.4. The van der Waals surface area contributed by atoms with Gasteiger partial charge in [0.1, 0.15) is 5.75 Å². The largest absolute Gasteiger partial charge is 0.494 e. The first kappa shape index (κ1) is 14.3. The van der Waals surface area contributed by atoms with Crippen molar-refractivity contribution >= 4 is 11.5 Å². The number of aryl methyl sites for hydroxylation is 1. The van der Waals surface area contributed by atoms with Crippen LogP contribution in [0.2, 0.25) is 0 Å². The highest BCUT2D eigenvalue weighted by Gasteiger charge is 2.10. The van der Waals surface area contributed by atoms with Crippen LogP contribution in [0.4, 0.5) is 0 Å². The van der Waals surface area contributed by atoms with Gasteiger partial charge in [-0.2, -0.15) is 0 Å². The third-order valence-electron chi connectivity index (χ3n) is 2.71. The maximum Gasteiger partial charge on any atom is 0.328 e. The quantitative estimate of drug-likeness (QED) is 0.811. The first-order chi connectivity index (χ1) is 8.45. The number of carboxylic acid groups (broad SMARTS) is 1. The Morgan fingerprint density at radius 2 is 2.11 bits per heavy atom. The molecule has 1 aromatic carbocycles. The topological polar surface area (TPSA) is 46.5 Å². The van der Waals surface area contributed by atoms with Crippen LogP contribution < -0.4 is 4.74 Å². The van der Waals surface area contributed by atoms with Crippen molar-refractivity contribution < 1.29 is 14.6 Å². The van der Waals surface area contributed by atoms with E-state index in [0.29, 0.717) is 6.61 Å². The fourth-order valence-electron chi connectivity index (χ4n) is 1.86. The van der Waals surface area contributed by atoms with Crippen molar-refractivity contribution in [2.45, 2.75) is 27.7 Å². The van der Waals surface area contributed by atoms with Crippen molar-refractivity contribution in [2.24, 2.45) is 5.92 Å². The van der Waals surface area contributed by atoms with Gasteiger partial charge < -0.3 is 9.84 Å². The highest BCUT2D eigenvalue weighted by atomic mass is 16.5. The molecule has 0 atom stereocenters. The van der Waals surface area contributed by atoms with Crippen molar-refractivity contribution in [2.75, 3.05) is 6.61 Å². The molecule has 18 heavy (non-hydrogen) atoms. The van der Waals surface area contributed by atoms with Crippen LogP contribution in [0.25, 0.3) is 5.57 Å². The van der Waals surface area contributed by atoms with Crippen LogP contribution in [-0.2, 0) is 4.79 Å². The van der Waals surface area contributed by atoms with Gasteiger partial charge in [0.05, 0.1) is 6.61 Å². The molecule has 0 spiro atoms. The van der Waals surface area contributed by atoms with Gasteiger partial charge in [0, 0.05) is 6.08 Å². The number of benzene rings is 1. The van der Waals surface area contributed by atoms with Gasteiger partial charge in [-0.05, 0) is 48.6 Å². The first-order valence-corrected chi connectivity index (χ1v) is 6.14. The predicted molar refractivity (Wildman–Crippen MR) is 72.8 cm³/mol. The second kappa shape index (κ2) is 6.24. The van der Waals surface area contributed by atoms with Gasteiger partial charge in [-0.25, -0.2) is 4.79 Å². The van der Waals surface area contributed by atoms with Crippen LogP contribution in [0.5, 0.6) is 5.75 Å². The number of carboxylic acids is 1. The lowest BCUT2D eigenvalue weighted by Crippen LogP contribution is -2.00. The Balaban J connectivity index is 3.15. The van der Waals surface area contributed by atoms with E-state index in [4.69, 9.17) is 9.84 Å². The van der Waals surface area contributed by atoms with E-state index in [1.807, 2.05) is 45.9 Å². The number of allylic oxidation sites excluding steroid dienone is 1. The second-order valence-corrected chi connectivity index (χ2v) is 4.51. The van der Waals surface area contributed by atoms with Gasteiger partial charge >= 0.3 is 5.97 Å². The number of hydrogen-bond acceptors (Lipinski definition) is 2. The Labute approximate surface area is 108 Å². The van der Waals surface area contributed by atoms with E-state index in [-0.39, 0.29) is 5.92 Å². The summed E-state index contributed by atoms with van der Waals surface area (Å²) in [5.41, 5.74) is 2.79. The fourth-order valence-corrected chi connectivity index (χ4v) is 1.86. The molecule has 0 bridgehead atoms. The molecule has 0 heterocycles. The third kappa shape index (κ3) is 3.62. The number of rotatable bonds is 5. The van der Waals surface area contributed by atoms with Gasteiger partial charge in [0.15, 0.2) is 0 Å². The Bertz CT molecular complexity index is 459. The van der Waals surface area contributed by atoms with E-state index < -0.39 is 5.97 Å². The van der Waals surface area contributed by atoms with Crippen LogP contribution in [0.1, 0.15) is 31.9 Å². The van der Waals surface area contributed by atoms with E-state index >= 15 is 0 Å². The number of carbonyl (C=O) groups is 1. The molecule has 1 rings (SSSR count). The Hall–Kier alpha value is -1.77. The number of ether oxygens (including phenoxy) is 1. The lowest BCUT2D eigenvalue weighted by Gasteiger charge is -2.14. The summed E-state index contributed by atoms with van der Waals surface area (Å²) < 4.78 is 5.48. The van der Waals surface area contributed by atoms with Gasteiger partial charge in [-0.1, -0.05) is 19.9 Å². The lowest BCUT2D eigenvalue weighted by atomic mass is 9.93. The zero-order valence-corrected chi connectivity index (χ0v) is 11.4. The molecule has 1 aromatic rings. The van der Waals surface area contributed by atoms with Crippen molar-refractivity contribution in [1.82, 2.24) is 0 Å². The summed E-state index contributed by atoms with van der Waals surface area (Å²) in [6, 6.07) is 5.78. The van der Waals surface area contributed by atoms with Crippen LogP contribution in [0.3, 0.4) is 0 Å². The fraction of sp³-hybridized carbons (Fsp3) is 0.400. The summed E-state index contributed by atoms with van der Waals surface area (Å²) in [5, 5.41) is 8.90. The SMILES string of the molecule is CCOc1ccc(/C(=C/C(=O)O)C(C)C)cc1C. The molecule has 0 radical (unpaired) electrons. The molecular weight excluding hydrogens is 228 g/mol. The highest BCUT2D eigenvalue weighted by Crippen LogP contribution is 2.27. The maximum atomic E-state index is 10.8. The van der Waals surface area contributed by atoms with Gasteiger partial charge in [-0.15, -0.1) is 0 Å². The van der Waals surface area contributed by atoms with Crippen molar-refractivity contribution in [3.8, 4) is 5.75 Å². The molecule has 0 fully saturated rings. The Kier molecular flexibility index (Phi) is 4.95. The molecule has 0 unspecified atom stereocenters. The van der Waals surface area contributed by atoms with Crippen molar-refractivity contribution in [1.29, 1.82) is 0 Å². The summed E-state index contributed by atoms with van der Waals surface area (Å²) in [4.78, 5) is 10.8.